The molecule has 1 aliphatic heterocycles. The van der Waals surface area contributed by atoms with Crippen molar-refractivity contribution in [1.29, 1.82) is 0 Å². The molecule has 4 rings (SSSR count). The number of benzene rings is 3. The van der Waals surface area contributed by atoms with Crippen LogP contribution in [0, 0.1) is 0 Å². The van der Waals surface area contributed by atoms with E-state index in [0.717, 1.165) is 27.9 Å². The largest absolute Gasteiger partial charge is 0.494 e. The standard InChI is InChI=1S/C31H38BNO5/c1-30(2)31(3,4)38-32(37-30)26-17-18-28(35-21-23-13-9-7-10-14-23)25(19-26)20-27(33(5)6)29(34)36-22-24-15-11-8-12-16-24/h7-19,27H,20-22H2,1-6H3/t27-/m0/s1. The van der Waals surface area contributed by atoms with Gasteiger partial charge in [-0.15, -0.1) is 0 Å². The fourth-order valence-corrected chi connectivity index (χ4v) is 4.27. The van der Waals surface area contributed by atoms with Crippen molar-refractivity contribution in [3.8, 4) is 5.75 Å². The number of carbonyl (C=O) groups excluding carboxylic acids is 1. The molecule has 0 radical (unpaired) electrons. The number of nitrogens with zero attached hydrogens (tertiary/aromatic N) is 1. The zero-order valence-electron chi connectivity index (χ0n) is 23.3. The molecule has 0 spiro atoms. The smallest absolute Gasteiger partial charge is 0.489 e. The van der Waals surface area contributed by atoms with Gasteiger partial charge in [0, 0.05) is 6.42 Å². The van der Waals surface area contributed by atoms with Gasteiger partial charge in [0.05, 0.1) is 11.2 Å². The Kier molecular flexibility index (Phi) is 8.61. The molecule has 0 bridgehead atoms. The van der Waals surface area contributed by atoms with Crippen LogP contribution in [0.2, 0.25) is 0 Å². The summed E-state index contributed by atoms with van der Waals surface area (Å²) in [6, 6.07) is 25.2. The molecule has 1 atom stereocenters. The fourth-order valence-electron chi connectivity index (χ4n) is 4.27. The van der Waals surface area contributed by atoms with E-state index in [4.69, 9.17) is 18.8 Å². The summed E-state index contributed by atoms with van der Waals surface area (Å²) in [6.45, 7) is 8.81. The summed E-state index contributed by atoms with van der Waals surface area (Å²) < 4.78 is 24.6. The Labute approximate surface area is 227 Å². The number of rotatable bonds is 10. The normalized spacial score (nSPS) is 16.9. The van der Waals surface area contributed by atoms with E-state index in [1.54, 1.807) is 0 Å². The van der Waals surface area contributed by atoms with E-state index >= 15 is 0 Å². The van der Waals surface area contributed by atoms with Crippen LogP contribution in [-0.2, 0) is 38.5 Å². The van der Waals surface area contributed by atoms with Crippen LogP contribution in [0.15, 0.2) is 78.9 Å². The molecule has 1 fully saturated rings. The third kappa shape index (κ3) is 6.65. The minimum absolute atomic E-state index is 0.231. The predicted molar refractivity (Wildman–Crippen MR) is 150 cm³/mol. The lowest BCUT2D eigenvalue weighted by Gasteiger charge is -2.32. The molecule has 6 nitrogen and oxygen atoms in total. The van der Waals surface area contributed by atoms with Crippen LogP contribution in [0.4, 0.5) is 0 Å². The highest BCUT2D eigenvalue weighted by Crippen LogP contribution is 2.37. The van der Waals surface area contributed by atoms with E-state index in [9.17, 15) is 4.79 Å². The second kappa shape index (κ2) is 11.7. The van der Waals surface area contributed by atoms with Crippen LogP contribution < -0.4 is 10.2 Å². The fraction of sp³-hybridized carbons (Fsp3) is 0.387. The van der Waals surface area contributed by atoms with E-state index in [1.807, 2.05) is 126 Å². The Morgan fingerprint density at radius 1 is 0.842 bits per heavy atom. The van der Waals surface area contributed by atoms with Gasteiger partial charge in [-0.1, -0.05) is 72.8 Å². The molecule has 0 aromatic heterocycles. The predicted octanol–water partition coefficient (Wildman–Crippen LogP) is 4.78. The number of hydrogen-bond donors (Lipinski definition) is 0. The highest BCUT2D eigenvalue weighted by atomic mass is 16.7. The maximum Gasteiger partial charge on any atom is 0.494 e. The number of esters is 1. The first-order valence-electron chi connectivity index (χ1n) is 13.1. The zero-order valence-corrected chi connectivity index (χ0v) is 23.3. The van der Waals surface area contributed by atoms with E-state index in [-0.39, 0.29) is 12.6 Å². The van der Waals surface area contributed by atoms with Crippen LogP contribution in [0.5, 0.6) is 5.75 Å². The van der Waals surface area contributed by atoms with Gasteiger partial charge < -0.3 is 18.8 Å². The molecule has 1 aliphatic rings. The van der Waals surface area contributed by atoms with Crippen LogP contribution in [0.25, 0.3) is 0 Å². The van der Waals surface area contributed by atoms with Crippen molar-refractivity contribution in [3.05, 3.63) is 95.6 Å². The molecule has 1 heterocycles. The Bertz CT molecular complexity index is 1200. The average Bonchev–Trinajstić information content (AvgIpc) is 3.12. The lowest BCUT2D eigenvalue weighted by Crippen LogP contribution is -2.41. The maximum atomic E-state index is 13.2. The molecule has 7 heteroatoms. The van der Waals surface area contributed by atoms with E-state index in [2.05, 4.69) is 0 Å². The van der Waals surface area contributed by atoms with E-state index < -0.39 is 24.4 Å². The maximum absolute atomic E-state index is 13.2. The van der Waals surface area contributed by atoms with Gasteiger partial charge in [0.2, 0.25) is 0 Å². The summed E-state index contributed by atoms with van der Waals surface area (Å²) in [7, 11) is 3.26. The van der Waals surface area contributed by atoms with Gasteiger partial charge in [-0.2, -0.15) is 0 Å². The van der Waals surface area contributed by atoms with Crippen molar-refractivity contribution in [2.45, 2.75) is 64.6 Å². The minimum atomic E-state index is -0.509. The molecule has 0 aliphatic carbocycles. The molecule has 3 aromatic rings. The van der Waals surface area contributed by atoms with Gasteiger partial charge >= 0.3 is 13.1 Å². The van der Waals surface area contributed by atoms with Gasteiger partial charge in [-0.25, -0.2) is 0 Å². The minimum Gasteiger partial charge on any atom is -0.489 e. The first-order valence-corrected chi connectivity index (χ1v) is 13.1. The highest BCUT2D eigenvalue weighted by molar-refractivity contribution is 6.62. The van der Waals surface area contributed by atoms with Gasteiger partial charge in [-0.05, 0) is 70.0 Å². The Morgan fingerprint density at radius 3 is 1.95 bits per heavy atom. The SMILES string of the molecule is CN(C)[C@@H](Cc1cc(B2OC(C)(C)C(C)(C)O2)ccc1OCc1ccccc1)C(=O)OCc1ccccc1. The quantitative estimate of drug-likeness (QED) is 0.286. The molecule has 0 N–H and O–H groups in total. The monoisotopic (exact) mass is 515 g/mol. The number of likely N-dealkylation sites (N-methyl/N-ethyl adjacent to an activating group) is 1. The van der Waals surface area contributed by atoms with Crippen molar-refractivity contribution in [2.75, 3.05) is 14.1 Å². The lowest BCUT2D eigenvalue weighted by atomic mass is 9.78. The Morgan fingerprint density at radius 2 is 1.39 bits per heavy atom. The topological polar surface area (TPSA) is 57.2 Å². The van der Waals surface area contributed by atoms with Crippen molar-refractivity contribution in [2.24, 2.45) is 0 Å². The third-order valence-corrected chi connectivity index (χ3v) is 7.38. The first-order chi connectivity index (χ1) is 18.1. The average molecular weight is 515 g/mol. The summed E-state index contributed by atoms with van der Waals surface area (Å²) in [4.78, 5) is 15.1. The van der Waals surface area contributed by atoms with E-state index in [1.165, 1.54) is 0 Å². The third-order valence-electron chi connectivity index (χ3n) is 7.38. The summed E-state index contributed by atoms with van der Waals surface area (Å²) in [5.41, 5.74) is 2.90. The molecule has 0 amide bonds. The number of carbonyl (C=O) groups is 1. The summed E-state index contributed by atoms with van der Waals surface area (Å²) in [5, 5.41) is 0. The van der Waals surface area contributed by atoms with Gasteiger partial charge in [0.25, 0.3) is 0 Å². The summed E-state index contributed by atoms with van der Waals surface area (Å²) in [6.07, 6.45) is 0.415. The lowest BCUT2D eigenvalue weighted by molar-refractivity contribution is -0.150. The zero-order chi connectivity index (χ0) is 27.3. The molecule has 1 saturated heterocycles. The molecule has 38 heavy (non-hydrogen) atoms. The molecule has 0 unspecified atom stereocenters. The van der Waals surface area contributed by atoms with Crippen LogP contribution in [0.3, 0.4) is 0 Å². The van der Waals surface area contributed by atoms with E-state index in [0.29, 0.717) is 13.0 Å². The molecular weight excluding hydrogens is 477 g/mol. The summed E-state index contributed by atoms with van der Waals surface area (Å²) >= 11 is 0. The van der Waals surface area contributed by atoms with Crippen molar-refractivity contribution < 1.29 is 23.6 Å². The number of hydrogen-bond acceptors (Lipinski definition) is 6. The molecular formula is C31H38BNO5. The second-order valence-corrected chi connectivity index (χ2v) is 11.0. The van der Waals surface area contributed by atoms with Crippen molar-refractivity contribution >= 4 is 18.6 Å². The second-order valence-electron chi connectivity index (χ2n) is 11.0. The van der Waals surface area contributed by atoms with Gasteiger partial charge in [0.15, 0.2) is 0 Å². The highest BCUT2D eigenvalue weighted by Gasteiger charge is 2.51. The molecule has 0 saturated carbocycles. The Balaban J connectivity index is 1.58. The van der Waals surface area contributed by atoms with Crippen LogP contribution in [-0.4, -0.2) is 49.3 Å². The first kappa shape index (κ1) is 27.9. The molecule has 3 aromatic carbocycles. The van der Waals surface area contributed by atoms with Gasteiger partial charge in [0.1, 0.15) is 25.0 Å². The molecule has 200 valence electrons. The van der Waals surface area contributed by atoms with Crippen LogP contribution >= 0.6 is 0 Å². The van der Waals surface area contributed by atoms with Crippen molar-refractivity contribution in [3.63, 3.8) is 0 Å². The van der Waals surface area contributed by atoms with Gasteiger partial charge in [-0.3, -0.25) is 9.69 Å². The van der Waals surface area contributed by atoms with Crippen molar-refractivity contribution in [1.82, 2.24) is 4.90 Å². The Hall–Kier alpha value is -3.13. The number of ether oxygens (including phenoxy) is 2. The summed E-state index contributed by atoms with van der Waals surface area (Å²) in [5.74, 6) is 0.436. The van der Waals surface area contributed by atoms with Crippen LogP contribution in [0.1, 0.15) is 44.4 Å².